The highest BCUT2D eigenvalue weighted by molar-refractivity contribution is 7.89. The molecule has 2 aromatic rings. The summed E-state index contributed by atoms with van der Waals surface area (Å²) in [6.45, 7) is 3.65. The molecular formula is C13H17N5O3S. The number of para-hydroxylation sites is 1. The van der Waals surface area contributed by atoms with Gasteiger partial charge in [0.25, 0.3) is 10.0 Å². The standard InChI is InChI=1S/C13H17N5O3S/c1-3-14-13(19)10(2)16-22(20,21)12-9-15-17-18(12)11-7-5-4-6-8-11/h4-10,16H,3H2,1-2H3,(H,14,19). The lowest BCUT2D eigenvalue weighted by molar-refractivity contribution is -0.122. The first kappa shape index (κ1) is 16.1. The Labute approximate surface area is 128 Å². The van der Waals surface area contributed by atoms with Gasteiger partial charge in [-0.05, 0) is 26.0 Å². The van der Waals surface area contributed by atoms with E-state index in [0.29, 0.717) is 12.2 Å². The van der Waals surface area contributed by atoms with Crippen molar-refractivity contribution >= 4 is 15.9 Å². The topological polar surface area (TPSA) is 106 Å². The average molecular weight is 323 g/mol. The zero-order valence-electron chi connectivity index (χ0n) is 12.2. The van der Waals surface area contributed by atoms with Gasteiger partial charge in [0, 0.05) is 6.54 Å². The van der Waals surface area contributed by atoms with Crippen molar-refractivity contribution in [3.8, 4) is 5.69 Å². The minimum Gasteiger partial charge on any atom is -0.355 e. The van der Waals surface area contributed by atoms with E-state index >= 15 is 0 Å². The minimum atomic E-state index is -3.93. The second kappa shape index (κ2) is 6.67. The normalized spacial score (nSPS) is 12.8. The second-order valence-corrected chi connectivity index (χ2v) is 6.22. The van der Waals surface area contributed by atoms with E-state index in [4.69, 9.17) is 0 Å². The third kappa shape index (κ3) is 3.49. The third-order valence-electron chi connectivity index (χ3n) is 2.87. The van der Waals surface area contributed by atoms with Gasteiger partial charge in [-0.3, -0.25) is 4.79 Å². The Kier molecular flexibility index (Phi) is 4.88. The number of benzene rings is 1. The summed E-state index contributed by atoms with van der Waals surface area (Å²) in [6, 6.07) is 7.85. The lowest BCUT2D eigenvalue weighted by atomic mass is 10.3. The molecule has 0 fully saturated rings. The largest absolute Gasteiger partial charge is 0.355 e. The Hall–Kier alpha value is -2.26. The molecule has 0 aliphatic rings. The van der Waals surface area contributed by atoms with Crippen LogP contribution in [0.15, 0.2) is 41.6 Å². The molecule has 0 spiro atoms. The minimum absolute atomic E-state index is 0.130. The molecule has 1 atom stereocenters. The lowest BCUT2D eigenvalue weighted by Gasteiger charge is -2.14. The fraction of sp³-hybridized carbons (Fsp3) is 0.308. The average Bonchev–Trinajstić information content (AvgIpc) is 2.98. The lowest BCUT2D eigenvalue weighted by Crippen LogP contribution is -2.45. The Morgan fingerprint density at radius 2 is 2.00 bits per heavy atom. The number of amides is 1. The van der Waals surface area contributed by atoms with E-state index < -0.39 is 22.0 Å². The number of aromatic nitrogens is 3. The zero-order chi connectivity index (χ0) is 16.2. The number of hydrogen-bond acceptors (Lipinski definition) is 5. The van der Waals surface area contributed by atoms with E-state index in [1.54, 1.807) is 31.2 Å². The molecule has 1 unspecified atom stereocenters. The summed E-state index contributed by atoms with van der Waals surface area (Å²) in [5, 5.41) is 9.86. The van der Waals surface area contributed by atoms with Crippen LogP contribution in [0.3, 0.4) is 0 Å². The number of carbonyl (C=O) groups excluding carboxylic acids is 1. The van der Waals surface area contributed by atoms with Crippen LogP contribution < -0.4 is 10.0 Å². The summed E-state index contributed by atoms with van der Waals surface area (Å²) < 4.78 is 28.3. The molecule has 22 heavy (non-hydrogen) atoms. The van der Waals surface area contributed by atoms with Gasteiger partial charge < -0.3 is 5.32 Å². The monoisotopic (exact) mass is 323 g/mol. The van der Waals surface area contributed by atoms with Crippen molar-refractivity contribution in [1.82, 2.24) is 25.0 Å². The number of carbonyl (C=O) groups is 1. The molecule has 1 amide bonds. The smallest absolute Gasteiger partial charge is 0.260 e. The van der Waals surface area contributed by atoms with E-state index in [0.717, 1.165) is 6.20 Å². The summed E-state index contributed by atoms with van der Waals surface area (Å²) in [5.74, 6) is -0.398. The summed E-state index contributed by atoms with van der Waals surface area (Å²) >= 11 is 0. The van der Waals surface area contributed by atoms with Crippen LogP contribution in [0.1, 0.15) is 13.8 Å². The van der Waals surface area contributed by atoms with Gasteiger partial charge in [0.2, 0.25) is 5.91 Å². The predicted molar refractivity (Wildman–Crippen MR) is 79.8 cm³/mol. The van der Waals surface area contributed by atoms with Gasteiger partial charge >= 0.3 is 0 Å². The van der Waals surface area contributed by atoms with Crippen molar-refractivity contribution in [3.05, 3.63) is 36.5 Å². The Morgan fingerprint density at radius 3 is 2.64 bits per heavy atom. The summed E-state index contributed by atoms with van der Waals surface area (Å²) in [5.41, 5.74) is 0.561. The molecule has 0 saturated heterocycles. The molecule has 2 N–H and O–H groups in total. The first-order valence-electron chi connectivity index (χ1n) is 6.72. The molecule has 0 radical (unpaired) electrons. The van der Waals surface area contributed by atoms with Crippen LogP contribution in [0, 0.1) is 0 Å². The van der Waals surface area contributed by atoms with Gasteiger partial charge in [0.05, 0.1) is 17.9 Å². The van der Waals surface area contributed by atoms with Gasteiger partial charge in [0.1, 0.15) is 0 Å². The Balaban J connectivity index is 2.28. The van der Waals surface area contributed by atoms with Crippen LogP contribution in [0.5, 0.6) is 0 Å². The van der Waals surface area contributed by atoms with Crippen molar-refractivity contribution in [2.24, 2.45) is 0 Å². The highest BCUT2D eigenvalue weighted by Crippen LogP contribution is 2.13. The highest BCUT2D eigenvalue weighted by atomic mass is 32.2. The molecular weight excluding hydrogens is 306 g/mol. The van der Waals surface area contributed by atoms with E-state index in [-0.39, 0.29) is 5.03 Å². The van der Waals surface area contributed by atoms with Crippen molar-refractivity contribution < 1.29 is 13.2 Å². The molecule has 1 aromatic carbocycles. The molecule has 0 saturated carbocycles. The number of rotatable bonds is 6. The quantitative estimate of drug-likeness (QED) is 0.782. The predicted octanol–water partition coefficient (Wildman–Crippen LogP) is 0.0702. The molecule has 1 aromatic heterocycles. The first-order chi connectivity index (χ1) is 10.5. The molecule has 1 heterocycles. The maximum absolute atomic E-state index is 12.4. The SMILES string of the molecule is CCNC(=O)C(C)NS(=O)(=O)c1cnnn1-c1ccccc1. The highest BCUT2D eigenvalue weighted by Gasteiger charge is 2.26. The van der Waals surface area contributed by atoms with Gasteiger partial charge in [-0.1, -0.05) is 23.4 Å². The molecule has 0 aliphatic heterocycles. The molecule has 2 rings (SSSR count). The van der Waals surface area contributed by atoms with Crippen LogP contribution in [-0.2, 0) is 14.8 Å². The third-order valence-corrected chi connectivity index (χ3v) is 4.36. The second-order valence-electron chi connectivity index (χ2n) is 4.56. The van der Waals surface area contributed by atoms with E-state index in [9.17, 15) is 13.2 Å². The Bertz CT molecular complexity index is 742. The van der Waals surface area contributed by atoms with Gasteiger partial charge in [-0.2, -0.15) is 4.72 Å². The molecule has 9 heteroatoms. The van der Waals surface area contributed by atoms with Crippen molar-refractivity contribution in [2.75, 3.05) is 6.54 Å². The van der Waals surface area contributed by atoms with Crippen molar-refractivity contribution in [1.29, 1.82) is 0 Å². The maximum Gasteiger partial charge on any atom is 0.260 e. The number of likely N-dealkylation sites (N-methyl/N-ethyl adjacent to an activating group) is 1. The van der Waals surface area contributed by atoms with Crippen LogP contribution >= 0.6 is 0 Å². The van der Waals surface area contributed by atoms with Crippen LogP contribution in [-0.4, -0.2) is 41.9 Å². The van der Waals surface area contributed by atoms with Gasteiger partial charge in [-0.15, -0.1) is 5.10 Å². The fourth-order valence-electron chi connectivity index (χ4n) is 1.83. The number of hydrogen-bond donors (Lipinski definition) is 2. The van der Waals surface area contributed by atoms with Crippen LogP contribution in [0.25, 0.3) is 5.69 Å². The summed E-state index contributed by atoms with van der Waals surface area (Å²) in [4.78, 5) is 11.7. The number of nitrogens with one attached hydrogen (secondary N) is 2. The Morgan fingerprint density at radius 1 is 1.32 bits per heavy atom. The summed E-state index contributed by atoms with van der Waals surface area (Å²) in [6.07, 6.45) is 1.14. The van der Waals surface area contributed by atoms with E-state index in [1.807, 2.05) is 6.07 Å². The van der Waals surface area contributed by atoms with Crippen molar-refractivity contribution in [3.63, 3.8) is 0 Å². The number of sulfonamides is 1. The summed E-state index contributed by atoms with van der Waals surface area (Å²) in [7, 11) is -3.93. The molecule has 0 aliphatic carbocycles. The van der Waals surface area contributed by atoms with Crippen LogP contribution in [0.2, 0.25) is 0 Å². The van der Waals surface area contributed by atoms with Crippen LogP contribution in [0.4, 0.5) is 0 Å². The first-order valence-corrected chi connectivity index (χ1v) is 8.20. The molecule has 118 valence electrons. The molecule has 8 nitrogen and oxygen atoms in total. The van der Waals surface area contributed by atoms with Gasteiger partial charge in [-0.25, -0.2) is 13.1 Å². The zero-order valence-corrected chi connectivity index (χ0v) is 13.0. The number of nitrogens with zero attached hydrogens (tertiary/aromatic N) is 3. The fourth-order valence-corrected chi connectivity index (χ4v) is 3.08. The van der Waals surface area contributed by atoms with Crippen molar-refractivity contribution in [2.45, 2.75) is 24.9 Å². The molecule has 0 bridgehead atoms. The van der Waals surface area contributed by atoms with E-state index in [1.165, 1.54) is 11.6 Å². The maximum atomic E-state index is 12.4. The van der Waals surface area contributed by atoms with Gasteiger partial charge in [0.15, 0.2) is 5.03 Å². The van der Waals surface area contributed by atoms with E-state index in [2.05, 4.69) is 20.4 Å².